The van der Waals surface area contributed by atoms with Crippen LogP contribution in [0.1, 0.15) is 26.3 Å². The van der Waals surface area contributed by atoms with Gasteiger partial charge >= 0.3 is 6.03 Å². The summed E-state index contributed by atoms with van der Waals surface area (Å²) in [6.45, 7) is 7.16. The molecule has 4 N–H and O–H groups in total. The third-order valence-corrected chi connectivity index (χ3v) is 3.21. The van der Waals surface area contributed by atoms with E-state index in [4.69, 9.17) is 5.73 Å². The highest BCUT2D eigenvalue weighted by Crippen LogP contribution is 2.09. The number of nitrogens with two attached hydrogens (primary N) is 1. The molecule has 21 heavy (non-hydrogen) atoms. The highest BCUT2D eigenvalue weighted by atomic mass is 16.2. The summed E-state index contributed by atoms with van der Waals surface area (Å²) in [5.74, 6) is -0.0918. The second kappa shape index (κ2) is 8.26. The van der Waals surface area contributed by atoms with Gasteiger partial charge in [-0.25, -0.2) is 4.79 Å². The predicted octanol–water partition coefficient (Wildman–Crippen LogP) is 1.52. The summed E-state index contributed by atoms with van der Waals surface area (Å²) in [6, 6.07) is 6.31. The van der Waals surface area contributed by atoms with Crippen molar-refractivity contribution in [3.8, 4) is 0 Å². The van der Waals surface area contributed by atoms with Crippen LogP contribution in [0.25, 0.3) is 0 Å². The number of anilines is 1. The Balaban J connectivity index is 2.58. The molecule has 6 heteroatoms. The van der Waals surface area contributed by atoms with Crippen LogP contribution in [-0.2, 0) is 11.3 Å². The first-order chi connectivity index (χ1) is 10.0. The van der Waals surface area contributed by atoms with E-state index < -0.39 is 12.1 Å². The Bertz CT molecular complexity index is 486. The molecule has 1 unspecified atom stereocenters. The van der Waals surface area contributed by atoms with Gasteiger partial charge in [-0.15, -0.1) is 0 Å². The Morgan fingerprint density at radius 1 is 1.29 bits per heavy atom. The van der Waals surface area contributed by atoms with Crippen LogP contribution in [0.3, 0.4) is 0 Å². The van der Waals surface area contributed by atoms with Gasteiger partial charge in [0, 0.05) is 25.3 Å². The van der Waals surface area contributed by atoms with Gasteiger partial charge in [0.1, 0.15) is 6.04 Å². The number of carbonyl (C=O) groups excluding carboxylic acids is 2. The topological polar surface area (TPSA) is 87.5 Å². The molecule has 0 aromatic heterocycles. The van der Waals surface area contributed by atoms with E-state index in [0.29, 0.717) is 25.3 Å². The van der Waals surface area contributed by atoms with Crippen molar-refractivity contribution in [1.82, 2.24) is 10.2 Å². The Labute approximate surface area is 125 Å². The number of hydrogen-bond acceptors (Lipinski definition) is 3. The maximum absolute atomic E-state index is 12.1. The summed E-state index contributed by atoms with van der Waals surface area (Å²) >= 11 is 0. The molecule has 1 rings (SSSR count). The summed E-state index contributed by atoms with van der Waals surface area (Å²) in [6.07, 6.45) is 0. The number of rotatable bonds is 6. The van der Waals surface area contributed by atoms with Crippen molar-refractivity contribution in [2.75, 3.05) is 18.4 Å². The van der Waals surface area contributed by atoms with E-state index in [1.165, 1.54) is 0 Å². The third-order valence-electron chi connectivity index (χ3n) is 3.21. The Kier molecular flexibility index (Phi) is 6.68. The first-order valence-corrected chi connectivity index (χ1v) is 7.17. The molecular formula is C15H24N4O2. The molecule has 0 saturated carbocycles. The number of likely N-dealkylation sites (N-methyl/N-ethyl adjacent to an activating group) is 1. The Hall–Kier alpha value is -2.08. The molecular weight excluding hydrogens is 268 g/mol. The van der Waals surface area contributed by atoms with Crippen molar-refractivity contribution in [2.24, 2.45) is 5.73 Å². The van der Waals surface area contributed by atoms with Crippen molar-refractivity contribution in [3.63, 3.8) is 0 Å². The minimum Gasteiger partial charge on any atom is -0.341 e. The zero-order valence-corrected chi connectivity index (χ0v) is 12.8. The van der Waals surface area contributed by atoms with E-state index >= 15 is 0 Å². The second-order valence-electron chi connectivity index (χ2n) is 4.74. The van der Waals surface area contributed by atoms with Crippen LogP contribution < -0.4 is 16.4 Å². The van der Waals surface area contributed by atoms with E-state index in [-0.39, 0.29) is 5.91 Å². The highest BCUT2D eigenvalue weighted by Gasteiger charge is 2.19. The van der Waals surface area contributed by atoms with E-state index in [9.17, 15) is 9.59 Å². The first kappa shape index (κ1) is 17.0. The molecule has 0 aliphatic heterocycles. The highest BCUT2D eigenvalue weighted by molar-refractivity contribution is 5.93. The van der Waals surface area contributed by atoms with Gasteiger partial charge in [-0.1, -0.05) is 12.1 Å². The molecule has 0 aliphatic rings. The van der Waals surface area contributed by atoms with Crippen LogP contribution in [0.5, 0.6) is 0 Å². The summed E-state index contributed by atoms with van der Waals surface area (Å²) < 4.78 is 0. The Morgan fingerprint density at radius 2 is 1.95 bits per heavy atom. The SMILES string of the molecule is CCN(CC)C(=O)C(C)NC(=O)Nc1cccc(CN)c1. The molecule has 116 valence electrons. The van der Waals surface area contributed by atoms with E-state index in [2.05, 4.69) is 10.6 Å². The lowest BCUT2D eigenvalue weighted by Gasteiger charge is -2.23. The minimum absolute atomic E-state index is 0.0918. The monoisotopic (exact) mass is 292 g/mol. The third kappa shape index (κ3) is 5.07. The minimum atomic E-state index is -0.567. The van der Waals surface area contributed by atoms with Gasteiger partial charge in [0.05, 0.1) is 0 Å². The van der Waals surface area contributed by atoms with Crippen LogP contribution in [0.15, 0.2) is 24.3 Å². The van der Waals surface area contributed by atoms with Crippen LogP contribution in [0, 0.1) is 0 Å². The van der Waals surface area contributed by atoms with Crippen LogP contribution in [0.4, 0.5) is 10.5 Å². The fourth-order valence-corrected chi connectivity index (χ4v) is 2.01. The number of hydrogen-bond donors (Lipinski definition) is 3. The van der Waals surface area contributed by atoms with Crippen molar-refractivity contribution in [2.45, 2.75) is 33.4 Å². The van der Waals surface area contributed by atoms with Crippen LogP contribution in [0.2, 0.25) is 0 Å². The second-order valence-corrected chi connectivity index (χ2v) is 4.74. The molecule has 0 bridgehead atoms. The molecule has 1 aromatic carbocycles. The lowest BCUT2D eigenvalue weighted by molar-refractivity contribution is -0.132. The molecule has 6 nitrogen and oxygen atoms in total. The maximum atomic E-state index is 12.1. The molecule has 0 radical (unpaired) electrons. The number of amides is 3. The van der Waals surface area contributed by atoms with Crippen molar-refractivity contribution in [3.05, 3.63) is 29.8 Å². The zero-order valence-electron chi connectivity index (χ0n) is 12.8. The lowest BCUT2D eigenvalue weighted by atomic mass is 10.2. The van der Waals surface area contributed by atoms with E-state index in [1.54, 1.807) is 24.0 Å². The number of benzene rings is 1. The average molecular weight is 292 g/mol. The number of carbonyl (C=O) groups is 2. The number of nitrogens with one attached hydrogen (secondary N) is 2. The summed E-state index contributed by atoms with van der Waals surface area (Å²) in [4.78, 5) is 25.6. The standard InChI is InChI=1S/C15H24N4O2/c1-4-19(5-2)14(20)11(3)17-15(21)18-13-8-6-7-12(9-13)10-16/h6-9,11H,4-5,10,16H2,1-3H3,(H2,17,18,21). The van der Waals surface area contributed by atoms with Gasteiger partial charge in [-0.2, -0.15) is 0 Å². The largest absolute Gasteiger partial charge is 0.341 e. The fourth-order valence-electron chi connectivity index (χ4n) is 2.01. The average Bonchev–Trinajstić information content (AvgIpc) is 2.48. The van der Waals surface area contributed by atoms with Gasteiger partial charge in [-0.05, 0) is 38.5 Å². The van der Waals surface area contributed by atoms with Gasteiger partial charge in [-0.3, -0.25) is 4.79 Å². The molecule has 1 atom stereocenters. The number of nitrogens with zero attached hydrogens (tertiary/aromatic N) is 1. The van der Waals surface area contributed by atoms with Crippen LogP contribution in [-0.4, -0.2) is 36.0 Å². The summed E-state index contributed by atoms with van der Waals surface area (Å²) in [5, 5.41) is 5.34. The quantitative estimate of drug-likeness (QED) is 0.743. The first-order valence-electron chi connectivity index (χ1n) is 7.17. The maximum Gasteiger partial charge on any atom is 0.319 e. The van der Waals surface area contributed by atoms with Crippen molar-refractivity contribution < 1.29 is 9.59 Å². The Morgan fingerprint density at radius 3 is 2.52 bits per heavy atom. The molecule has 0 spiro atoms. The fraction of sp³-hybridized carbons (Fsp3) is 0.467. The molecule has 3 amide bonds. The molecule has 0 saturated heterocycles. The summed E-state index contributed by atoms with van der Waals surface area (Å²) in [7, 11) is 0. The normalized spacial score (nSPS) is 11.6. The molecule has 0 aliphatic carbocycles. The lowest BCUT2D eigenvalue weighted by Crippen LogP contribution is -2.48. The van der Waals surface area contributed by atoms with Gasteiger partial charge in [0.15, 0.2) is 0 Å². The van der Waals surface area contributed by atoms with E-state index in [0.717, 1.165) is 5.56 Å². The predicted molar refractivity (Wildman–Crippen MR) is 83.9 cm³/mol. The van der Waals surface area contributed by atoms with Crippen molar-refractivity contribution >= 4 is 17.6 Å². The van der Waals surface area contributed by atoms with Gasteiger partial charge < -0.3 is 21.3 Å². The molecule has 0 fully saturated rings. The molecule has 0 heterocycles. The van der Waals surface area contributed by atoms with Gasteiger partial charge in [0.2, 0.25) is 5.91 Å². The summed E-state index contributed by atoms with van der Waals surface area (Å²) in [5.41, 5.74) is 7.14. The van der Waals surface area contributed by atoms with Gasteiger partial charge in [0.25, 0.3) is 0 Å². The van der Waals surface area contributed by atoms with E-state index in [1.807, 2.05) is 26.0 Å². The van der Waals surface area contributed by atoms with Crippen LogP contribution >= 0.6 is 0 Å². The zero-order chi connectivity index (χ0) is 15.8. The van der Waals surface area contributed by atoms with Crippen molar-refractivity contribution in [1.29, 1.82) is 0 Å². The molecule has 1 aromatic rings. The smallest absolute Gasteiger partial charge is 0.319 e. The number of urea groups is 1.